The van der Waals surface area contributed by atoms with E-state index in [1.807, 2.05) is 0 Å². The summed E-state index contributed by atoms with van der Waals surface area (Å²) in [5.74, 6) is -0.206. The van der Waals surface area contributed by atoms with Crippen molar-refractivity contribution in [3.63, 3.8) is 0 Å². The molecule has 0 aromatic heterocycles. The number of β-amino-alcohol motifs (C(OH)–C–C–N with tert-alkyl or cyclic N) is 1. The summed E-state index contributed by atoms with van der Waals surface area (Å²) >= 11 is 0. The molecule has 1 aromatic carbocycles. The number of ether oxygens (including phenoxy) is 2. The van der Waals surface area contributed by atoms with Crippen LogP contribution in [0.5, 0.6) is 11.5 Å². The number of alkyl halides is 2. The lowest BCUT2D eigenvalue weighted by Crippen LogP contribution is -2.44. The molecule has 0 aliphatic carbocycles. The van der Waals surface area contributed by atoms with E-state index < -0.39 is 12.4 Å². The molecule has 2 amide bonds. The first kappa shape index (κ1) is 13.9. The number of hydrogen-bond donors (Lipinski definition) is 2. The number of halogens is 2. The molecule has 8 heteroatoms. The van der Waals surface area contributed by atoms with Gasteiger partial charge < -0.3 is 24.8 Å². The van der Waals surface area contributed by atoms with Gasteiger partial charge in [0.25, 0.3) is 0 Å². The topological polar surface area (TPSA) is 71.0 Å². The van der Waals surface area contributed by atoms with Gasteiger partial charge in [-0.05, 0) is 25.0 Å². The molecule has 1 unspecified atom stereocenters. The van der Waals surface area contributed by atoms with Crippen molar-refractivity contribution in [2.45, 2.75) is 25.2 Å². The van der Waals surface area contributed by atoms with Gasteiger partial charge in [-0.15, -0.1) is 8.78 Å². The van der Waals surface area contributed by atoms with Crippen LogP contribution in [-0.2, 0) is 0 Å². The van der Waals surface area contributed by atoms with Crippen LogP contribution >= 0.6 is 0 Å². The molecule has 2 heterocycles. The van der Waals surface area contributed by atoms with Crippen LogP contribution in [0.4, 0.5) is 19.3 Å². The van der Waals surface area contributed by atoms with Gasteiger partial charge in [0.05, 0.1) is 6.10 Å². The van der Waals surface area contributed by atoms with Crippen molar-refractivity contribution in [3.8, 4) is 11.5 Å². The predicted octanol–water partition coefficient (Wildman–Crippen LogP) is 2.00. The third-order valence-electron chi connectivity index (χ3n) is 3.34. The Morgan fingerprint density at radius 1 is 1.38 bits per heavy atom. The van der Waals surface area contributed by atoms with Crippen molar-refractivity contribution in [2.75, 3.05) is 18.4 Å². The number of benzene rings is 1. The maximum absolute atomic E-state index is 12.9. The SMILES string of the molecule is O=C(Nc1ccc2c(c1)OC(F)(F)O2)N1CCCC(O)C1. The minimum absolute atomic E-state index is 0.0774. The van der Waals surface area contributed by atoms with Crippen molar-refractivity contribution >= 4 is 11.7 Å². The van der Waals surface area contributed by atoms with E-state index in [9.17, 15) is 18.7 Å². The van der Waals surface area contributed by atoms with Crippen molar-refractivity contribution in [1.29, 1.82) is 0 Å². The van der Waals surface area contributed by atoms with Gasteiger partial charge in [0.1, 0.15) is 0 Å². The number of piperidine rings is 1. The number of aliphatic hydroxyl groups excluding tert-OH is 1. The molecule has 0 radical (unpaired) electrons. The Labute approximate surface area is 119 Å². The van der Waals surface area contributed by atoms with E-state index in [-0.39, 0.29) is 24.1 Å². The average molecular weight is 300 g/mol. The Kier molecular flexibility index (Phi) is 3.32. The number of carbonyl (C=O) groups is 1. The largest absolute Gasteiger partial charge is 0.586 e. The molecule has 1 fully saturated rings. The molecular formula is C13H14F2N2O4. The smallest absolute Gasteiger partial charge is 0.395 e. The summed E-state index contributed by atoms with van der Waals surface area (Å²) in [5, 5.41) is 12.1. The number of carbonyl (C=O) groups excluding carboxylic acids is 1. The minimum atomic E-state index is -3.68. The van der Waals surface area contributed by atoms with E-state index in [4.69, 9.17) is 0 Å². The highest BCUT2D eigenvalue weighted by Crippen LogP contribution is 2.42. The predicted molar refractivity (Wildman–Crippen MR) is 68.5 cm³/mol. The maximum Gasteiger partial charge on any atom is 0.586 e. The fourth-order valence-corrected chi connectivity index (χ4v) is 2.37. The molecular weight excluding hydrogens is 286 g/mol. The van der Waals surface area contributed by atoms with Crippen LogP contribution in [0.25, 0.3) is 0 Å². The molecule has 1 atom stereocenters. The van der Waals surface area contributed by atoms with Crippen LogP contribution in [-0.4, -0.2) is 41.5 Å². The van der Waals surface area contributed by atoms with Crippen LogP contribution in [0.2, 0.25) is 0 Å². The summed E-state index contributed by atoms with van der Waals surface area (Å²) in [6.45, 7) is 0.806. The molecule has 0 bridgehead atoms. The molecule has 3 rings (SSSR count). The van der Waals surface area contributed by atoms with Crippen LogP contribution in [0.1, 0.15) is 12.8 Å². The highest BCUT2D eigenvalue weighted by molar-refractivity contribution is 5.89. The number of aliphatic hydroxyl groups is 1. The van der Waals surface area contributed by atoms with E-state index in [1.165, 1.54) is 23.1 Å². The van der Waals surface area contributed by atoms with Gasteiger partial charge >= 0.3 is 12.3 Å². The van der Waals surface area contributed by atoms with Crippen LogP contribution < -0.4 is 14.8 Å². The number of nitrogens with one attached hydrogen (secondary N) is 1. The van der Waals surface area contributed by atoms with Crippen molar-refractivity contribution in [3.05, 3.63) is 18.2 Å². The van der Waals surface area contributed by atoms with Crippen molar-refractivity contribution in [2.24, 2.45) is 0 Å². The Balaban J connectivity index is 1.67. The molecule has 2 N–H and O–H groups in total. The first-order valence-electron chi connectivity index (χ1n) is 6.57. The lowest BCUT2D eigenvalue weighted by Gasteiger charge is -2.30. The van der Waals surface area contributed by atoms with Crippen molar-refractivity contribution < 1.29 is 28.2 Å². The molecule has 6 nitrogen and oxygen atoms in total. The van der Waals surface area contributed by atoms with Gasteiger partial charge in [0, 0.05) is 24.8 Å². The number of amides is 2. The number of fused-ring (bicyclic) bond motifs is 1. The molecule has 0 saturated carbocycles. The molecule has 21 heavy (non-hydrogen) atoms. The fourth-order valence-electron chi connectivity index (χ4n) is 2.37. The number of rotatable bonds is 1. The number of urea groups is 1. The Morgan fingerprint density at radius 2 is 2.14 bits per heavy atom. The molecule has 2 aliphatic heterocycles. The van der Waals surface area contributed by atoms with Gasteiger partial charge in [-0.3, -0.25) is 0 Å². The zero-order chi connectivity index (χ0) is 15.0. The summed E-state index contributed by atoms with van der Waals surface area (Å²) in [5.41, 5.74) is 0.320. The highest BCUT2D eigenvalue weighted by atomic mass is 19.3. The standard InChI is InChI=1S/C13H14F2N2O4/c14-13(15)20-10-4-3-8(6-11(10)21-13)16-12(19)17-5-1-2-9(18)7-17/h3-4,6,9,18H,1-2,5,7H2,(H,16,19). The van der Waals surface area contributed by atoms with E-state index in [0.717, 1.165) is 6.42 Å². The average Bonchev–Trinajstić information content (AvgIpc) is 2.72. The highest BCUT2D eigenvalue weighted by Gasteiger charge is 2.43. The molecule has 1 saturated heterocycles. The third kappa shape index (κ3) is 2.99. The number of anilines is 1. The van der Waals surface area contributed by atoms with Gasteiger partial charge in [-0.25, -0.2) is 4.79 Å². The van der Waals surface area contributed by atoms with Crippen LogP contribution in [0.15, 0.2) is 18.2 Å². The Bertz CT molecular complexity index is 567. The van der Waals surface area contributed by atoms with Gasteiger partial charge in [0.15, 0.2) is 11.5 Å². The molecule has 114 valence electrons. The van der Waals surface area contributed by atoms with Crippen LogP contribution in [0.3, 0.4) is 0 Å². The third-order valence-corrected chi connectivity index (χ3v) is 3.34. The maximum atomic E-state index is 12.9. The summed E-state index contributed by atoms with van der Waals surface area (Å²) in [7, 11) is 0. The summed E-state index contributed by atoms with van der Waals surface area (Å²) in [4.78, 5) is 13.5. The first-order chi connectivity index (χ1) is 9.93. The number of hydrogen-bond acceptors (Lipinski definition) is 4. The lowest BCUT2D eigenvalue weighted by molar-refractivity contribution is -0.286. The van der Waals surface area contributed by atoms with Gasteiger partial charge in [0.2, 0.25) is 0 Å². The van der Waals surface area contributed by atoms with Crippen LogP contribution in [0, 0.1) is 0 Å². The van der Waals surface area contributed by atoms with Crippen molar-refractivity contribution in [1.82, 2.24) is 4.90 Å². The first-order valence-corrected chi connectivity index (χ1v) is 6.57. The normalized spacial score (nSPS) is 23.0. The minimum Gasteiger partial charge on any atom is -0.395 e. The summed E-state index contributed by atoms with van der Waals surface area (Å²) in [6, 6.07) is 3.63. The quantitative estimate of drug-likeness (QED) is 0.832. The second-order valence-corrected chi connectivity index (χ2v) is 5.00. The fraction of sp³-hybridized carbons (Fsp3) is 0.462. The van der Waals surface area contributed by atoms with Gasteiger partial charge in [-0.2, -0.15) is 0 Å². The second-order valence-electron chi connectivity index (χ2n) is 5.00. The van der Waals surface area contributed by atoms with E-state index in [2.05, 4.69) is 14.8 Å². The van der Waals surface area contributed by atoms with E-state index in [0.29, 0.717) is 18.7 Å². The monoisotopic (exact) mass is 300 g/mol. The number of likely N-dealkylation sites (tertiary alicyclic amines) is 1. The Hall–Kier alpha value is -2.09. The van der Waals surface area contributed by atoms with E-state index >= 15 is 0 Å². The zero-order valence-electron chi connectivity index (χ0n) is 11.0. The lowest BCUT2D eigenvalue weighted by atomic mass is 10.1. The van der Waals surface area contributed by atoms with E-state index in [1.54, 1.807) is 0 Å². The molecule has 2 aliphatic rings. The number of nitrogens with zero attached hydrogens (tertiary/aromatic N) is 1. The molecule has 1 aromatic rings. The molecule has 0 spiro atoms. The summed E-state index contributed by atoms with van der Waals surface area (Å²) in [6.07, 6.45) is -2.81. The van der Waals surface area contributed by atoms with Gasteiger partial charge in [-0.1, -0.05) is 0 Å². The Morgan fingerprint density at radius 3 is 2.90 bits per heavy atom. The summed E-state index contributed by atoms with van der Waals surface area (Å²) < 4.78 is 34.4. The zero-order valence-corrected chi connectivity index (χ0v) is 11.0. The second kappa shape index (κ2) is 5.03.